The zero-order valence-corrected chi connectivity index (χ0v) is 14.4. The van der Waals surface area contributed by atoms with Gasteiger partial charge in [-0.2, -0.15) is 5.26 Å². The summed E-state index contributed by atoms with van der Waals surface area (Å²) in [4.78, 5) is 16.9. The number of rotatable bonds is 4. The molecule has 0 radical (unpaired) electrons. The highest BCUT2D eigenvalue weighted by Gasteiger charge is 2.23. The smallest absolute Gasteiger partial charge is 0.320 e. The minimum Gasteiger partial charge on any atom is -0.325 e. The van der Waals surface area contributed by atoms with E-state index in [4.69, 9.17) is 5.26 Å². The van der Waals surface area contributed by atoms with Crippen LogP contribution >= 0.6 is 0 Å². The van der Waals surface area contributed by atoms with Gasteiger partial charge in [-0.05, 0) is 42.5 Å². The molecule has 1 fully saturated rings. The molecular formula is C21H23N3O. The van der Waals surface area contributed by atoms with Crippen LogP contribution in [0.2, 0.25) is 0 Å². The van der Waals surface area contributed by atoms with Crippen LogP contribution in [0.3, 0.4) is 0 Å². The maximum atomic E-state index is 13.0. The molecule has 0 aromatic heterocycles. The average Bonchev–Trinajstić information content (AvgIpc) is 2.69. The second kappa shape index (κ2) is 8.34. The highest BCUT2D eigenvalue weighted by molar-refractivity contribution is 5.74. The zero-order chi connectivity index (χ0) is 17.5. The summed E-state index contributed by atoms with van der Waals surface area (Å²) in [6.07, 6.45) is 3.38. The zero-order valence-electron chi connectivity index (χ0n) is 14.4. The number of piperidine rings is 1. The van der Waals surface area contributed by atoms with E-state index in [1.165, 1.54) is 6.42 Å². The first-order chi connectivity index (χ1) is 12.3. The Bertz CT molecular complexity index is 728. The van der Waals surface area contributed by atoms with Crippen molar-refractivity contribution in [2.45, 2.75) is 32.4 Å². The van der Waals surface area contributed by atoms with E-state index in [2.05, 4.69) is 18.2 Å². The molecule has 4 heteroatoms. The Balaban J connectivity index is 1.77. The maximum absolute atomic E-state index is 13.0. The lowest BCUT2D eigenvalue weighted by molar-refractivity contribution is 0.138. The van der Waals surface area contributed by atoms with Crippen LogP contribution in [0.5, 0.6) is 0 Å². The Labute approximate surface area is 149 Å². The van der Waals surface area contributed by atoms with Gasteiger partial charge in [-0.15, -0.1) is 0 Å². The van der Waals surface area contributed by atoms with Crippen LogP contribution < -0.4 is 0 Å². The molecule has 4 nitrogen and oxygen atoms in total. The molecule has 1 saturated heterocycles. The third-order valence-electron chi connectivity index (χ3n) is 4.57. The normalized spacial score (nSPS) is 14.0. The molecule has 2 aromatic rings. The molecule has 2 aromatic carbocycles. The number of urea groups is 1. The molecule has 25 heavy (non-hydrogen) atoms. The van der Waals surface area contributed by atoms with E-state index in [-0.39, 0.29) is 6.03 Å². The van der Waals surface area contributed by atoms with Crippen LogP contribution in [0.25, 0.3) is 0 Å². The van der Waals surface area contributed by atoms with Gasteiger partial charge in [0.2, 0.25) is 0 Å². The molecule has 0 unspecified atom stereocenters. The summed E-state index contributed by atoms with van der Waals surface area (Å²) < 4.78 is 0. The highest BCUT2D eigenvalue weighted by atomic mass is 16.2. The Morgan fingerprint density at radius 1 is 0.920 bits per heavy atom. The molecule has 1 heterocycles. The summed E-state index contributed by atoms with van der Waals surface area (Å²) in [5.41, 5.74) is 2.81. The first-order valence-electron chi connectivity index (χ1n) is 8.83. The third kappa shape index (κ3) is 4.60. The van der Waals surface area contributed by atoms with E-state index < -0.39 is 0 Å². The van der Waals surface area contributed by atoms with Crippen molar-refractivity contribution in [2.24, 2.45) is 0 Å². The van der Waals surface area contributed by atoms with E-state index in [1.54, 1.807) is 12.1 Å². The van der Waals surface area contributed by atoms with Gasteiger partial charge in [-0.3, -0.25) is 0 Å². The van der Waals surface area contributed by atoms with Gasteiger partial charge in [0.15, 0.2) is 0 Å². The Morgan fingerprint density at radius 2 is 1.52 bits per heavy atom. The summed E-state index contributed by atoms with van der Waals surface area (Å²) >= 11 is 0. The van der Waals surface area contributed by atoms with Gasteiger partial charge in [-0.25, -0.2) is 4.79 Å². The quantitative estimate of drug-likeness (QED) is 0.843. The van der Waals surface area contributed by atoms with Gasteiger partial charge in [0.1, 0.15) is 0 Å². The molecular weight excluding hydrogens is 310 g/mol. The van der Waals surface area contributed by atoms with E-state index in [0.717, 1.165) is 37.1 Å². The topological polar surface area (TPSA) is 47.3 Å². The van der Waals surface area contributed by atoms with Crippen LogP contribution in [-0.4, -0.2) is 28.9 Å². The van der Waals surface area contributed by atoms with Crippen molar-refractivity contribution in [3.8, 4) is 6.07 Å². The van der Waals surface area contributed by atoms with Crippen molar-refractivity contribution in [1.82, 2.24) is 9.80 Å². The molecule has 0 atom stereocenters. The van der Waals surface area contributed by atoms with Crippen LogP contribution in [-0.2, 0) is 13.1 Å². The molecule has 3 rings (SSSR count). The summed E-state index contributed by atoms with van der Waals surface area (Å²) in [6.45, 7) is 2.83. The van der Waals surface area contributed by atoms with Gasteiger partial charge >= 0.3 is 6.03 Å². The van der Waals surface area contributed by atoms with Crippen molar-refractivity contribution in [1.29, 1.82) is 5.26 Å². The minimum atomic E-state index is 0.105. The lowest BCUT2D eigenvalue weighted by atomic mass is 10.1. The first kappa shape index (κ1) is 17.0. The summed E-state index contributed by atoms with van der Waals surface area (Å²) in [6, 6.07) is 19.8. The van der Waals surface area contributed by atoms with Crippen molar-refractivity contribution >= 4 is 6.03 Å². The molecule has 1 aliphatic rings. The average molecular weight is 333 g/mol. The molecule has 2 amide bonds. The standard InChI is InChI=1S/C21H23N3O/c22-15-18-9-11-20(12-10-18)17-24(16-19-7-3-1-4-8-19)21(25)23-13-5-2-6-14-23/h1,3-4,7-12H,2,5-6,13-14,16-17H2. The number of nitrogens with zero attached hydrogens (tertiary/aromatic N) is 3. The number of hydrogen-bond acceptors (Lipinski definition) is 2. The van der Waals surface area contributed by atoms with Crippen LogP contribution in [0.15, 0.2) is 54.6 Å². The second-order valence-corrected chi connectivity index (χ2v) is 6.48. The lowest BCUT2D eigenvalue weighted by Crippen LogP contribution is -2.44. The Kier molecular flexibility index (Phi) is 5.69. The number of hydrogen-bond donors (Lipinski definition) is 0. The number of benzene rings is 2. The molecule has 0 spiro atoms. The predicted molar refractivity (Wildman–Crippen MR) is 97.7 cm³/mol. The summed E-state index contributed by atoms with van der Waals surface area (Å²) in [5, 5.41) is 8.94. The van der Waals surface area contributed by atoms with Gasteiger partial charge in [-0.1, -0.05) is 42.5 Å². The minimum absolute atomic E-state index is 0.105. The monoisotopic (exact) mass is 333 g/mol. The van der Waals surface area contributed by atoms with Gasteiger partial charge in [0.25, 0.3) is 0 Å². The molecule has 0 bridgehead atoms. The van der Waals surface area contributed by atoms with Crippen molar-refractivity contribution in [3.63, 3.8) is 0 Å². The fourth-order valence-electron chi connectivity index (χ4n) is 3.19. The maximum Gasteiger partial charge on any atom is 0.320 e. The van der Waals surface area contributed by atoms with E-state index in [0.29, 0.717) is 18.7 Å². The number of carbonyl (C=O) groups excluding carboxylic acids is 1. The molecule has 1 aliphatic heterocycles. The van der Waals surface area contributed by atoms with Crippen LogP contribution in [0, 0.1) is 11.3 Å². The van der Waals surface area contributed by atoms with Crippen LogP contribution in [0.1, 0.15) is 36.0 Å². The number of likely N-dealkylation sites (tertiary alicyclic amines) is 1. The highest BCUT2D eigenvalue weighted by Crippen LogP contribution is 2.16. The van der Waals surface area contributed by atoms with Crippen molar-refractivity contribution in [2.75, 3.05) is 13.1 Å². The molecule has 0 saturated carbocycles. The van der Waals surface area contributed by atoms with Crippen molar-refractivity contribution in [3.05, 3.63) is 71.3 Å². The number of carbonyl (C=O) groups is 1. The fraction of sp³-hybridized carbons (Fsp3) is 0.333. The second-order valence-electron chi connectivity index (χ2n) is 6.48. The fourth-order valence-corrected chi connectivity index (χ4v) is 3.19. The number of nitriles is 1. The van der Waals surface area contributed by atoms with Gasteiger partial charge in [0.05, 0.1) is 11.6 Å². The first-order valence-corrected chi connectivity index (χ1v) is 8.83. The van der Waals surface area contributed by atoms with E-state index in [1.807, 2.05) is 40.1 Å². The SMILES string of the molecule is N#Cc1ccc(CN(Cc2ccccc2)C(=O)N2CCCCC2)cc1. The van der Waals surface area contributed by atoms with E-state index in [9.17, 15) is 4.79 Å². The third-order valence-corrected chi connectivity index (χ3v) is 4.57. The van der Waals surface area contributed by atoms with Gasteiger partial charge in [0, 0.05) is 26.2 Å². The van der Waals surface area contributed by atoms with Crippen LogP contribution in [0.4, 0.5) is 4.79 Å². The molecule has 128 valence electrons. The Hall–Kier alpha value is -2.80. The Morgan fingerprint density at radius 3 is 2.12 bits per heavy atom. The van der Waals surface area contributed by atoms with E-state index >= 15 is 0 Å². The molecule has 0 aliphatic carbocycles. The number of amides is 2. The van der Waals surface area contributed by atoms with Crippen molar-refractivity contribution < 1.29 is 4.79 Å². The molecule has 0 N–H and O–H groups in total. The largest absolute Gasteiger partial charge is 0.325 e. The van der Waals surface area contributed by atoms with Gasteiger partial charge < -0.3 is 9.80 Å². The summed E-state index contributed by atoms with van der Waals surface area (Å²) in [5.74, 6) is 0. The predicted octanol–water partition coefficient (Wildman–Crippen LogP) is 4.17. The summed E-state index contributed by atoms with van der Waals surface area (Å²) in [7, 11) is 0. The lowest BCUT2D eigenvalue weighted by Gasteiger charge is -2.33.